The van der Waals surface area contributed by atoms with Gasteiger partial charge < -0.3 is 9.84 Å². The van der Waals surface area contributed by atoms with E-state index < -0.39 is 17.4 Å². The summed E-state index contributed by atoms with van der Waals surface area (Å²) in [6, 6.07) is 0. The van der Waals surface area contributed by atoms with E-state index in [0.717, 1.165) is 0 Å². The SMILES string of the molecule is COC(=O)[C@@](C)(CSC(C)(C)C)C(=O)O. The molecule has 0 radical (unpaired) electrons. The van der Waals surface area contributed by atoms with E-state index in [-0.39, 0.29) is 10.5 Å². The maximum absolute atomic E-state index is 11.4. The van der Waals surface area contributed by atoms with Crippen molar-refractivity contribution >= 4 is 23.7 Å². The molecule has 5 heteroatoms. The van der Waals surface area contributed by atoms with Crippen LogP contribution in [-0.2, 0) is 14.3 Å². The van der Waals surface area contributed by atoms with Crippen molar-refractivity contribution in [2.75, 3.05) is 12.9 Å². The molecular formula is C10H18O4S. The van der Waals surface area contributed by atoms with E-state index in [1.54, 1.807) is 0 Å². The minimum absolute atomic E-state index is 0.0786. The van der Waals surface area contributed by atoms with Gasteiger partial charge in [0.05, 0.1) is 7.11 Å². The van der Waals surface area contributed by atoms with Crippen LogP contribution in [-0.4, -0.2) is 34.7 Å². The highest BCUT2D eigenvalue weighted by atomic mass is 32.2. The molecule has 88 valence electrons. The average Bonchev–Trinajstić information content (AvgIpc) is 2.11. The molecule has 15 heavy (non-hydrogen) atoms. The Kier molecular flexibility index (Phi) is 4.65. The summed E-state index contributed by atoms with van der Waals surface area (Å²) < 4.78 is 4.43. The van der Waals surface area contributed by atoms with Crippen LogP contribution in [0.2, 0.25) is 0 Å². The number of carboxylic acid groups (broad SMARTS) is 1. The average molecular weight is 234 g/mol. The smallest absolute Gasteiger partial charge is 0.323 e. The Morgan fingerprint density at radius 2 is 1.73 bits per heavy atom. The number of thioether (sulfide) groups is 1. The zero-order valence-electron chi connectivity index (χ0n) is 9.79. The molecule has 1 atom stereocenters. The van der Waals surface area contributed by atoms with Crippen molar-refractivity contribution in [2.24, 2.45) is 5.41 Å². The number of hydrogen-bond donors (Lipinski definition) is 1. The molecule has 0 aromatic heterocycles. The van der Waals surface area contributed by atoms with E-state index in [4.69, 9.17) is 5.11 Å². The van der Waals surface area contributed by atoms with Gasteiger partial charge in [0.1, 0.15) is 0 Å². The van der Waals surface area contributed by atoms with Gasteiger partial charge >= 0.3 is 11.9 Å². The van der Waals surface area contributed by atoms with E-state index >= 15 is 0 Å². The molecule has 1 N–H and O–H groups in total. The molecule has 4 nitrogen and oxygen atoms in total. The Hall–Kier alpha value is -0.710. The van der Waals surface area contributed by atoms with Crippen molar-refractivity contribution in [1.82, 2.24) is 0 Å². The molecule has 0 amide bonds. The first-order chi connectivity index (χ1) is 6.63. The second-order valence-corrected chi connectivity index (χ2v) is 6.33. The van der Waals surface area contributed by atoms with Crippen LogP contribution in [0.15, 0.2) is 0 Å². The van der Waals surface area contributed by atoms with Crippen molar-refractivity contribution < 1.29 is 19.4 Å². The molecule has 0 aliphatic carbocycles. The third-order valence-electron chi connectivity index (χ3n) is 1.90. The number of aliphatic carboxylic acids is 1. The molecule has 0 spiro atoms. The van der Waals surface area contributed by atoms with E-state index in [0.29, 0.717) is 0 Å². The van der Waals surface area contributed by atoms with Crippen molar-refractivity contribution in [2.45, 2.75) is 32.4 Å². The molecule has 0 bridgehead atoms. The van der Waals surface area contributed by atoms with E-state index in [1.165, 1.54) is 25.8 Å². The lowest BCUT2D eigenvalue weighted by molar-refractivity contribution is -0.163. The van der Waals surface area contributed by atoms with Crippen LogP contribution >= 0.6 is 11.8 Å². The number of methoxy groups -OCH3 is 1. The quantitative estimate of drug-likeness (QED) is 0.593. The first-order valence-corrected chi connectivity index (χ1v) is 5.58. The molecule has 0 rings (SSSR count). The summed E-state index contributed by atoms with van der Waals surface area (Å²) in [4.78, 5) is 22.4. The number of esters is 1. The van der Waals surface area contributed by atoms with Gasteiger partial charge in [0.15, 0.2) is 5.41 Å². The predicted octanol–water partition coefficient (Wildman–Crippen LogP) is 1.78. The van der Waals surface area contributed by atoms with E-state index in [2.05, 4.69) is 4.74 Å². The van der Waals surface area contributed by atoms with Crippen LogP contribution in [0.1, 0.15) is 27.7 Å². The molecule has 0 saturated heterocycles. The molecule has 0 fully saturated rings. The Balaban J connectivity index is 4.68. The van der Waals surface area contributed by atoms with Gasteiger partial charge in [-0.25, -0.2) is 0 Å². The molecule has 0 heterocycles. The number of rotatable bonds is 4. The zero-order chi connectivity index (χ0) is 12.3. The monoisotopic (exact) mass is 234 g/mol. The highest BCUT2D eigenvalue weighted by Gasteiger charge is 2.43. The van der Waals surface area contributed by atoms with Gasteiger partial charge in [-0.15, -0.1) is 0 Å². The minimum Gasteiger partial charge on any atom is -0.480 e. The Morgan fingerprint density at radius 1 is 1.27 bits per heavy atom. The third-order valence-corrected chi connectivity index (χ3v) is 3.49. The van der Waals surface area contributed by atoms with Crippen LogP contribution in [0, 0.1) is 5.41 Å². The number of carbonyl (C=O) groups excluding carboxylic acids is 1. The normalized spacial score (nSPS) is 15.5. The molecule has 0 unspecified atom stereocenters. The lowest BCUT2D eigenvalue weighted by Gasteiger charge is -2.26. The fourth-order valence-corrected chi connectivity index (χ4v) is 1.76. The standard InChI is InChI=1S/C10H18O4S/c1-9(2,3)15-6-10(4,7(11)12)8(13)14-5/h6H2,1-5H3,(H,11,12)/t10-/m0/s1. The van der Waals surface area contributed by atoms with Crippen LogP contribution in [0.3, 0.4) is 0 Å². The lowest BCUT2D eigenvalue weighted by atomic mass is 9.94. The lowest BCUT2D eigenvalue weighted by Crippen LogP contribution is -2.40. The van der Waals surface area contributed by atoms with Gasteiger partial charge in [-0.3, -0.25) is 9.59 Å². The van der Waals surface area contributed by atoms with E-state index in [1.807, 2.05) is 20.8 Å². The molecule has 0 aromatic rings. The Bertz CT molecular complexity index is 257. The largest absolute Gasteiger partial charge is 0.480 e. The van der Waals surface area contributed by atoms with Gasteiger partial charge in [0.25, 0.3) is 0 Å². The zero-order valence-corrected chi connectivity index (χ0v) is 10.6. The summed E-state index contributed by atoms with van der Waals surface area (Å²) >= 11 is 1.43. The van der Waals surface area contributed by atoms with Crippen LogP contribution in [0.25, 0.3) is 0 Å². The highest BCUT2D eigenvalue weighted by Crippen LogP contribution is 2.32. The Morgan fingerprint density at radius 3 is 2.00 bits per heavy atom. The maximum Gasteiger partial charge on any atom is 0.323 e. The molecular weight excluding hydrogens is 216 g/mol. The van der Waals surface area contributed by atoms with Gasteiger partial charge in [0.2, 0.25) is 0 Å². The molecule has 0 aliphatic heterocycles. The minimum atomic E-state index is -1.47. The van der Waals surface area contributed by atoms with Gasteiger partial charge in [0, 0.05) is 10.5 Å². The van der Waals surface area contributed by atoms with Crippen molar-refractivity contribution in [1.29, 1.82) is 0 Å². The van der Waals surface area contributed by atoms with Crippen molar-refractivity contribution in [3.05, 3.63) is 0 Å². The summed E-state index contributed by atoms with van der Waals surface area (Å²) in [6.45, 7) is 7.30. The summed E-state index contributed by atoms with van der Waals surface area (Å²) in [7, 11) is 1.20. The first kappa shape index (κ1) is 14.3. The molecule has 0 saturated carbocycles. The first-order valence-electron chi connectivity index (χ1n) is 4.59. The van der Waals surface area contributed by atoms with Crippen molar-refractivity contribution in [3.8, 4) is 0 Å². The predicted molar refractivity (Wildman–Crippen MR) is 60.0 cm³/mol. The number of hydrogen-bond acceptors (Lipinski definition) is 4. The topological polar surface area (TPSA) is 63.6 Å². The summed E-state index contributed by atoms with van der Waals surface area (Å²) in [5.74, 6) is -1.64. The summed E-state index contributed by atoms with van der Waals surface area (Å²) in [6.07, 6.45) is 0. The number of ether oxygens (including phenoxy) is 1. The van der Waals surface area contributed by atoms with Crippen LogP contribution < -0.4 is 0 Å². The number of carbonyl (C=O) groups is 2. The fourth-order valence-electron chi connectivity index (χ4n) is 0.794. The summed E-state index contributed by atoms with van der Waals surface area (Å²) in [5, 5.41) is 9.02. The second-order valence-electron chi connectivity index (χ2n) is 4.53. The van der Waals surface area contributed by atoms with Gasteiger partial charge in [-0.05, 0) is 6.92 Å². The Labute approximate surface area is 94.4 Å². The van der Waals surface area contributed by atoms with Gasteiger partial charge in [-0.1, -0.05) is 20.8 Å². The molecule has 0 aromatic carbocycles. The highest BCUT2D eigenvalue weighted by molar-refractivity contribution is 8.00. The van der Waals surface area contributed by atoms with Gasteiger partial charge in [-0.2, -0.15) is 11.8 Å². The fraction of sp³-hybridized carbons (Fsp3) is 0.800. The van der Waals surface area contributed by atoms with Crippen LogP contribution in [0.5, 0.6) is 0 Å². The summed E-state index contributed by atoms with van der Waals surface area (Å²) in [5.41, 5.74) is -1.47. The number of carboxylic acids is 1. The third kappa shape index (κ3) is 4.11. The van der Waals surface area contributed by atoms with Crippen molar-refractivity contribution in [3.63, 3.8) is 0 Å². The van der Waals surface area contributed by atoms with E-state index in [9.17, 15) is 9.59 Å². The van der Waals surface area contributed by atoms with Crippen LogP contribution in [0.4, 0.5) is 0 Å². The maximum atomic E-state index is 11.4. The second kappa shape index (κ2) is 4.88. The molecule has 0 aliphatic rings.